The summed E-state index contributed by atoms with van der Waals surface area (Å²) in [6.45, 7) is 0. The lowest BCUT2D eigenvalue weighted by molar-refractivity contribution is 1.31. The van der Waals surface area contributed by atoms with Gasteiger partial charge in [-0.2, -0.15) is 0 Å². The maximum absolute atomic E-state index is 6.13. The largest absolute Gasteiger partial charge is 0.397 e. The van der Waals surface area contributed by atoms with Crippen LogP contribution in [0.2, 0.25) is 0 Å². The number of para-hydroxylation sites is 1. The van der Waals surface area contributed by atoms with Crippen molar-refractivity contribution in [1.82, 2.24) is 24.9 Å². The van der Waals surface area contributed by atoms with Gasteiger partial charge in [-0.15, -0.1) is 0 Å². The molecule has 168 valence electrons. The first-order chi connectivity index (χ1) is 17.2. The minimum absolute atomic E-state index is 0.691. The Bertz CT molecular complexity index is 1710. The average molecular weight is 455 g/mol. The van der Waals surface area contributed by atoms with Crippen LogP contribution in [-0.2, 0) is 0 Å². The van der Waals surface area contributed by atoms with E-state index in [-0.39, 0.29) is 0 Å². The number of hydrogen-bond donors (Lipinski definition) is 3. The lowest BCUT2D eigenvalue weighted by Gasteiger charge is -1.91. The van der Waals surface area contributed by atoms with Crippen LogP contribution in [0.5, 0.6) is 0 Å². The number of aromatic amines is 2. The van der Waals surface area contributed by atoms with E-state index in [1.165, 1.54) is 5.39 Å². The van der Waals surface area contributed by atoms with Gasteiger partial charge in [-0.25, -0.2) is 9.97 Å². The number of aromatic nitrogens is 5. The van der Waals surface area contributed by atoms with Crippen molar-refractivity contribution >= 4 is 63.0 Å². The van der Waals surface area contributed by atoms with Crippen molar-refractivity contribution in [1.29, 1.82) is 0 Å². The van der Waals surface area contributed by atoms with Gasteiger partial charge < -0.3 is 15.7 Å². The van der Waals surface area contributed by atoms with Crippen molar-refractivity contribution in [3.05, 3.63) is 108 Å². The van der Waals surface area contributed by atoms with Crippen molar-refractivity contribution in [3.63, 3.8) is 0 Å². The maximum atomic E-state index is 6.13. The highest BCUT2D eigenvalue weighted by Crippen LogP contribution is 2.20. The van der Waals surface area contributed by atoms with Crippen LogP contribution in [0, 0.1) is 0 Å². The quantitative estimate of drug-likeness (QED) is 0.245. The zero-order valence-electron chi connectivity index (χ0n) is 18.8. The van der Waals surface area contributed by atoms with Crippen molar-refractivity contribution in [2.24, 2.45) is 0 Å². The number of nitrogens with two attached hydrogens (primary N) is 1. The molecule has 0 radical (unpaired) electrons. The summed E-state index contributed by atoms with van der Waals surface area (Å²) in [5.41, 5.74) is 15.2. The topological polar surface area (TPSA) is 96.3 Å². The molecule has 35 heavy (non-hydrogen) atoms. The summed E-state index contributed by atoms with van der Waals surface area (Å²) in [7, 11) is 0. The van der Waals surface area contributed by atoms with Crippen LogP contribution < -0.4 is 5.73 Å². The predicted molar refractivity (Wildman–Crippen MR) is 145 cm³/mol. The molecule has 6 heteroatoms. The lowest BCUT2D eigenvalue weighted by atomic mass is 10.2. The Kier molecular flexibility index (Phi) is 5.16. The van der Waals surface area contributed by atoms with E-state index in [9.17, 15) is 0 Å². The second kappa shape index (κ2) is 8.76. The number of hydrogen-bond acceptors (Lipinski definition) is 4. The molecule has 0 amide bonds. The van der Waals surface area contributed by atoms with E-state index in [4.69, 9.17) is 5.73 Å². The second-order valence-corrected chi connectivity index (χ2v) is 8.33. The van der Waals surface area contributed by atoms with Gasteiger partial charge in [0.15, 0.2) is 0 Å². The number of nitrogens with zero attached hydrogens (tertiary/aromatic N) is 3. The molecule has 2 aliphatic rings. The van der Waals surface area contributed by atoms with Gasteiger partial charge >= 0.3 is 0 Å². The maximum Gasteiger partial charge on any atom is 0.0701 e. The van der Waals surface area contributed by atoms with Crippen LogP contribution in [0.3, 0.4) is 0 Å². The van der Waals surface area contributed by atoms with Crippen molar-refractivity contribution in [2.45, 2.75) is 0 Å². The third-order valence-corrected chi connectivity index (χ3v) is 5.71. The highest BCUT2D eigenvalue weighted by Gasteiger charge is 2.03. The Balaban J connectivity index is 0.000000191. The minimum atomic E-state index is 0.691. The third kappa shape index (κ3) is 4.58. The Labute approximate surface area is 201 Å². The van der Waals surface area contributed by atoms with E-state index in [0.29, 0.717) is 5.69 Å². The molecule has 0 spiro atoms. The van der Waals surface area contributed by atoms with Gasteiger partial charge in [0, 0.05) is 28.1 Å². The van der Waals surface area contributed by atoms with Crippen LogP contribution in [0.25, 0.3) is 57.3 Å². The first kappa shape index (κ1) is 20.6. The lowest BCUT2D eigenvalue weighted by Crippen LogP contribution is -1.80. The average Bonchev–Trinajstić information content (AvgIpc) is 3.66. The number of anilines is 1. The molecule has 0 saturated heterocycles. The summed E-state index contributed by atoms with van der Waals surface area (Å²) in [5, 5.41) is 1.20. The first-order valence-corrected chi connectivity index (χ1v) is 11.3. The first-order valence-electron chi connectivity index (χ1n) is 11.3. The van der Waals surface area contributed by atoms with Gasteiger partial charge in [0.25, 0.3) is 0 Å². The fourth-order valence-electron chi connectivity index (χ4n) is 4.06. The molecule has 2 aliphatic heterocycles. The molecule has 4 N–H and O–H groups in total. The molecule has 1 aromatic carbocycles. The second-order valence-electron chi connectivity index (χ2n) is 8.33. The molecule has 0 saturated carbocycles. The fraction of sp³-hybridized carbons (Fsp3) is 0. The predicted octanol–water partition coefficient (Wildman–Crippen LogP) is 6.47. The molecule has 7 rings (SSSR count). The summed E-state index contributed by atoms with van der Waals surface area (Å²) in [6, 6.07) is 26.0. The Morgan fingerprint density at radius 1 is 0.571 bits per heavy atom. The molecule has 0 aliphatic carbocycles. The molecule has 6 nitrogen and oxygen atoms in total. The molecule has 8 bridgehead atoms. The van der Waals surface area contributed by atoms with Crippen LogP contribution in [-0.4, -0.2) is 24.9 Å². The summed E-state index contributed by atoms with van der Waals surface area (Å²) in [4.78, 5) is 20.1. The van der Waals surface area contributed by atoms with Gasteiger partial charge in [-0.05, 0) is 78.9 Å². The Morgan fingerprint density at radius 3 is 1.86 bits per heavy atom. The SMILES string of the molecule is Nc1cc2cc3nc(cc4ccc(cc5nc(cc1[nH]2)C=C5)[nH]4)C=C3.c1ccc2ncccc2c1. The van der Waals surface area contributed by atoms with Crippen LogP contribution in [0.1, 0.15) is 22.8 Å². The van der Waals surface area contributed by atoms with Crippen molar-refractivity contribution in [2.75, 3.05) is 5.73 Å². The molecule has 6 heterocycles. The molecule has 0 atom stereocenters. The number of pyridine rings is 1. The normalized spacial score (nSPS) is 11.9. The van der Waals surface area contributed by atoms with E-state index in [1.54, 1.807) is 0 Å². The summed E-state index contributed by atoms with van der Waals surface area (Å²) >= 11 is 0. The standard InChI is InChI=1S/C20H15N5.C9H7N/c21-19-10-18-9-16-4-3-14(23-16)7-12-1-2-13(22-12)8-15-5-6-17(24-15)11-20(19)25-18;1-2-6-9-8(4-1)5-3-7-10-9/h1-11,22,25H,21H2;1-7H. The Morgan fingerprint density at radius 2 is 1.17 bits per heavy atom. The number of benzene rings is 1. The molecule has 0 fully saturated rings. The smallest absolute Gasteiger partial charge is 0.0701 e. The van der Waals surface area contributed by atoms with Gasteiger partial charge in [-0.1, -0.05) is 24.3 Å². The molecule has 4 aromatic heterocycles. The third-order valence-electron chi connectivity index (χ3n) is 5.71. The van der Waals surface area contributed by atoms with E-state index in [2.05, 4.69) is 37.1 Å². The fourth-order valence-corrected chi connectivity index (χ4v) is 4.06. The highest BCUT2D eigenvalue weighted by atomic mass is 14.8. The number of rotatable bonds is 0. The van der Waals surface area contributed by atoms with Crippen LogP contribution in [0.15, 0.2) is 85.1 Å². The number of fused-ring (bicyclic) bond motifs is 9. The van der Waals surface area contributed by atoms with Gasteiger partial charge in [-0.3, -0.25) is 4.98 Å². The summed E-state index contributed by atoms with van der Waals surface area (Å²) < 4.78 is 0. The van der Waals surface area contributed by atoms with Crippen LogP contribution in [0.4, 0.5) is 5.69 Å². The monoisotopic (exact) mass is 454 g/mol. The van der Waals surface area contributed by atoms with Crippen LogP contribution >= 0.6 is 0 Å². The van der Waals surface area contributed by atoms with Gasteiger partial charge in [0.05, 0.1) is 39.5 Å². The van der Waals surface area contributed by atoms with E-state index >= 15 is 0 Å². The Hall–Kier alpha value is -4.97. The van der Waals surface area contributed by atoms with Gasteiger partial charge in [0.1, 0.15) is 0 Å². The molecular formula is C29H22N6. The number of nitrogen functional groups attached to an aromatic ring is 1. The van der Waals surface area contributed by atoms with Crippen molar-refractivity contribution in [3.8, 4) is 0 Å². The molecule has 5 aromatic rings. The number of H-pyrrole nitrogens is 2. The molecular weight excluding hydrogens is 432 g/mol. The van der Waals surface area contributed by atoms with E-state index < -0.39 is 0 Å². The summed E-state index contributed by atoms with van der Waals surface area (Å²) in [6.07, 6.45) is 9.77. The van der Waals surface area contributed by atoms with Gasteiger partial charge in [0.2, 0.25) is 0 Å². The molecule has 0 unspecified atom stereocenters. The van der Waals surface area contributed by atoms with E-state index in [0.717, 1.165) is 50.4 Å². The zero-order valence-corrected chi connectivity index (χ0v) is 18.8. The zero-order chi connectivity index (χ0) is 23.6. The van der Waals surface area contributed by atoms with E-state index in [1.807, 2.05) is 97.2 Å². The highest BCUT2D eigenvalue weighted by molar-refractivity contribution is 5.82. The summed E-state index contributed by atoms with van der Waals surface area (Å²) in [5.74, 6) is 0. The minimum Gasteiger partial charge on any atom is -0.397 e. The van der Waals surface area contributed by atoms with Crippen molar-refractivity contribution < 1.29 is 0 Å². The number of nitrogens with one attached hydrogen (secondary N) is 2.